The van der Waals surface area contributed by atoms with Crippen LogP contribution in [-0.2, 0) is 0 Å². The second-order valence-corrected chi connectivity index (χ2v) is 8.86. The Morgan fingerprint density at radius 2 is 2.09 bits per heavy atom. The molecule has 2 atom stereocenters. The Labute approximate surface area is 197 Å². The molecule has 0 bridgehead atoms. The van der Waals surface area contributed by atoms with E-state index in [9.17, 15) is 10.4 Å². The van der Waals surface area contributed by atoms with Gasteiger partial charge in [0, 0.05) is 36.2 Å². The van der Waals surface area contributed by atoms with Gasteiger partial charge in [0.1, 0.15) is 24.0 Å². The molecule has 1 aliphatic rings. The molecule has 0 amide bonds. The van der Waals surface area contributed by atoms with E-state index in [2.05, 4.69) is 26.0 Å². The number of aliphatic hydroxyl groups excluding tert-OH is 1. The van der Waals surface area contributed by atoms with Crippen molar-refractivity contribution in [3.8, 4) is 11.8 Å². The number of aromatic nitrogens is 4. The molecule has 1 unspecified atom stereocenters. The number of likely N-dealkylation sites (tertiary alicyclic amines) is 1. The minimum absolute atomic E-state index is 0.0588. The van der Waals surface area contributed by atoms with Gasteiger partial charge in [-0.15, -0.1) is 0 Å². The lowest BCUT2D eigenvalue weighted by molar-refractivity contribution is 0.0618. The summed E-state index contributed by atoms with van der Waals surface area (Å²) in [5.41, 5.74) is 9.52. The Hall–Kier alpha value is -2.93. The van der Waals surface area contributed by atoms with E-state index in [0.717, 1.165) is 35.3 Å². The molecule has 3 heterocycles. The molecule has 174 valence electrons. The van der Waals surface area contributed by atoms with Crippen LogP contribution in [0, 0.1) is 18.3 Å². The molecule has 0 aliphatic carbocycles. The van der Waals surface area contributed by atoms with Crippen LogP contribution in [0.25, 0.3) is 11.0 Å². The monoisotopic (exact) mass is 469 g/mol. The molecule has 3 N–H and O–H groups in total. The summed E-state index contributed by atoms with van der Waals surface area (Å²) >= 11 is 6.63. The fraction of sp³-hybridized carbons (Fsp3) is 0.478. The van der Waals surface area contributed by atoms with Gasteiger partial charge >= 0.3 is 0 Å². The van der Waals surface area contributed by atoms with Crippen molar-refractivity contribution < 1.29 is 9.84 Å². The first kappa shape index (κ1) is 23.2. The number of hydrogen-bond donors (Lipinski definition) is 2. The lowest BCUT2D eigenvalue weighted by Gasteiger charge is -2.44. The van der Waals surface area contributed by atoms with Crippen molar-refractivity contribution in [3.05, 3.63) is 39.8 Å². The highest BCUT2D eigenvalue weighted by Crippen LogP contribution is 2.44. The maximum Gasteiger partial charge on any atom is 0.164 e. The van der Waals surface area contributed by atoms with Crippen molar-refractivity contribution in [2.24, 2.45) is 0 Å². The molecule has 33 heavy (non-hydrogen) atoms. The van der Waals surface area contributed by atoms with Crippen LogP contribution in [0.4, 0.5) is 5.82 Å². The summed E-state index contributed by atoms with van der Waals surface area (Å²) in [5, 5.41) is 25.2. The summed E-state index contributed by atoms with van der Waals surface area (Å²) in [6.45, 7) is 9.74. The van der Waals surface area contributed by atoms with Gasteiger partial charge in [-0.05, 0) is 33.8 Å². The number of nitrogens with zero attached hydrogens (tertiary/aromatic N) is 6. The molecule has 0 radical (unpaired) electrons. The van der Waals surface area contributed by atoms with Crippen LogP contribution in [0.15, 0.2) is 12.4 Å². The molecule has 0 saturated carbocycles. The maximum atomic E-state index is 9.91. The zero-order valence-electron chi connectivity index (χ0n) is 19.2. The number of anilines is 1. The number of ether oxygens (including phenoxy) is 1. The Morgan fingerprint density at radius 3 is 2.73 bits per heavy atom. The smallest absolute Gasteiger partial charge is 0.164 e. The zero-order valence-corrected chi connectivity index (χ0v) is 20.0. The largest absolute Gasteiger partial charge is 0.493 e. The van der Waals surface area contributed by atoms with E-state index in [1.165, 1.54) is 6.33 Å². The highest BCUT2D eigenvalue weighted by molar-refractivity contribution is 6.32. The number of halogens is 1. The SMILES string of the molecule is CCOc1c([C@@H](C)n2nc(C)c3c(N)ncnc32)cc(Cl)c(C#N)c1C1CN(C(C)CO)C1. The van der Waals surface area contributed by atoms with Gasteiger partial charge < -0.3 is 15.6 Å². The summed E-state index contributed by atoms with van der Waals surface area (Å²) in [6, 6.07) is 3.84. The van der Waals surface area contributed by atoms with Crippen molar-refractivity contribution >= 4 is 28.5 Å². The lowest BCUT2D eigenvalue weighted by Crippen LogP contribution is -2.51. The zero-order chi connectivity index (χ0) is 23.9. The average Bonchev–Trinajstić information content (AvgIpc) is 3.11. The summed E-state index contributed by atoms with van der Waals surface area (Å²) < 4.78 is 7.95. The third-order valence-electron chi connectivity index (χ3n) is 6.41. The van der Waals surface area contributed by atoms with Crippen molar-refractivity contribution in [1.29, 1.82) is 5.26 Å². The highest BCUT2D eigenvalue weighted by Gasteiger charge is 2.37. The van der Waals surface area contributed by atoms with E-state index in [0.29, 0.717) is 34.4 Å². The van der Waals surface area contributed by atoms with Crippen molar-refractivity contribution in [1.82, 2.24) is 24.6 Å². The fourth-order valence-corrected chi connectivity index (χ4v) is 4.79. The number of nitriles is 1. The molecule has 4 rings (SSSR count). The van der Waals surface area contributed by atoms with Crippen LogP contribution in [0.1, 0.15) is 55.1 Å². The molecule has 1 fully saturated rings. The van der Waals surface area contributed by atoms with Crippen molar-refractivity contribution in [3.63, 3.8) is 0 Å². The van der Waals surface area contributed by atoms with E-state index >= 15 is 0 Å². The number of nitrogens with two attached hydrogens (primary N) is 1. The van der Waals surface area contributed by atoms with Crippen molar-refractivity contribution in [2.75, 3.05) is 32.0 Å². The normalized spacial score (nSPS) is 16.4. The molecule has 2 aromatic heterocycles. The second kappa shape index (κ2) is 9.14. The van der Waals surface area contributed by atoms with Gasteiger partial charge in [-0.1, -0.05) is 11.6 Å². The Bertz CT molecular complexity index is 1230. The van der Waals surface area contributed by atoms with Crippen LogP contribution in [0.5, 0.6) is 5.75 Å². The number of nitrogen functional groups attached to an aromatic ring is 1. The first-order valence-corrected chi connectivity index (χ1v) is 11.4. The van der Waals surface area contributed by atoms with E-state index in [1.807, 2.05) is 27.7 Å². The molecule has 9 nitrogen and oxygen atoms in total. The van der Waals surface area contributed by atoms with Gasteiger partial charge in [-0.3, -0.25) is 4.90 Å². The third kappa shape index (κ3) is 3.88. The molecule has 10 heteroatoms. The Morgan fingerprint density at radius 1 is 1.36 bits per heavy atom. The number of hydrogen-bond acceptors (Lipinski definition) is 8. The summed E-state index contributed by atoms with van der Waals surface area (Å²) in [4.78, 5) is 10.7. The van der Waals surface area contributed by atoms with Crippen LogP contribution in [0.2, 0.25) is 5.02 Å². The molecule has 1 aromatic carbocycles. The van der Waals surface area contributed by atoms with Crippen molar-refractivity contribution in [2.45, 2.75) is 45.7 Å². The van der Waals surface area contributed by atoms with Crippen LogP contribution in [0.3, 0.4) is 0 Å². The number of rotatable bonds is 7. The Kier molecular flexibility index (Phi) is 6.43. The van der Waals surface area contributed by atoms with E-state index in [1.54, 1.807) is 10.7 Å². The minimum atomic E-state index is -0.284. The molecule has 3 aromatic rings. The quantitative estimate of drug-likeness (QED) is 0.540. The molecule has 0 spiro atoms. The summed E-state index contributed by atoms with van der Waals surface area (Å²) in [7, 11) is 0. The van der Waals surface area contributed by atoms with Crippen LogP contribution in [-0.4, -0.2) is 62.1 Å². The van der Waals surface area contributed by atoms with E-state index < -0.39 is 0 Å². The predicted octanol–water partition coefficient (Wildman–Crippen LogP) is 3.03. The standard InChI is InChI=1S/C23H28ClN7O2/c1-5-33-21-16(14(4)31-23-19(13(3)29-31)22(26)27-11-28-23)6-18(24)17(7-25)20(21)15-8-30(9-15)12(2)10-32/h6,11-12,14-15,32H,5,8-10H2,1-4H3,(H2,26,27,28)/t12?,14-/m1/s1. The number of benzene rings is 1. The molecule has 1 aliphatic heterocycles. The predicted molar refractivity (Wildman–Crippen MR) is 126 cm³/mol. The average molecular weight is 470 g/mol. The first-order valence-electron chi connectivity index (χ1n) is 11.0. The highest BCUT2D eigenvalue weighted by atomic mass is 35.5. The minimum Gasteiger partial charge on any atom is -0.493 e. The third-order valence-corrected chi connectivity index (χ3v) is 6.71. The fourth-order valence-electron chi connectivity index (χ4n) is 4.53. The maximum absolute atomic E-state index is 9.91. The Balaban J connectivity index is 1.85. The lowest BCUT2D eigenvalue weighted by atomic mass is 9.84. The first-order chi connectivity index (χ1) is 15.8. The topological polar surface area (TPSA) is 126 Å². The number of aryl methyl sites for hydroxylation is 1. The van der Waals surface area contributed by atoms with E-state index in [-0.39, 0.29) is 24.6 Å². The van der Waals surface area contributed by atoms with Gasteiger partial charge in [0.05, 0.1) is 40.9 Å². The second-order valence-electron chi connectivity index (χ2n) is 8.46. The van der Waals surface area contributed by atoms with Gasteiger partial charge in [0.15, 0.2) is 5.65 Å². The van der Waals surface area contributed by atoms with Gasteiger partial charge in [0.25, 0.3) is 0 Å². The van der Waals surface area contributed by atoms with Gasteiger partial charge in [-0.2, -0.15) is 10.4 Å². The summed E-state index contributed by atoms with van der Waals surface area (Å²) in [6.07, 6.45) is 1.42. The van der Waals surface area contributed by atoms with Gasteiger partial charge in [-0.25, -0.2) is 14.6 Å². The summed E-state index contributed by atoms with van der Waals surface area (Å²) in [5.74, 6) is 1.12. The molecular formula is C23H28ClN7O2. The number of fused-ring (bicyclic) bond motifs is 1. The molecular weight excluding hydrogens is 442 g/mol. The molecule has 1 saturated heterocycles. The van der Waals surface area contributed by atoms with Crippen LogP contribution >= 0.6 is 11.6 Å². The van der Waals surface area contributed by atoms with Crippen LogP contribution < -0.4 is 10.5 Å². The number of aliphatic hydroxyl groups is 1. The van der Waals surface area contributed by atoms with Gasteiger partial charge in [0.2, 0.25) is 0 Å². The van der Waals surface area contributed by atoms with E-state index in [4.69, 9.17) is 22.1 Å².